The molecule has 0 fully saturated rings. The number of hydrogen-bond donors (Lipinski definition) is 3. The van der Waals surface area contributed by atoms with Crippen LogP contribution in [0, 0.1) is 5.41 Å². The lowest BCUT2D eigenvalue weighted by Gasteiger charge is -2.17. The van der Waals surface area contributed by atoms with Gasteiger partial charge in [-0.05, 0) is 48.2 Å². The van der Waals surface area contributed by atoms with Crippen LogP contribution in [0.3, 0.4) is 0 Å². The predicted molar refractivity (Wildman–Crippen MR) is 101 cm³/mol. The highest BCUT2D eigenvalue weighted by Crippen LogP contribution is 2.28. The molecule has 1 atom stereocenters. The first kappa shape index (κ1) is 19.3. The quantitative estimate of drug-likeness (QED) is 0.382. The highest BCUT2D eigenvalue weighted by Gasteiger charge is 2.20. The van der Waals surface area contributed by atoms with Crippen LogP contribution in [-0.2, 0) is 9.53 Å². The molecule has 26 heavy (non-hydrogen) atoms. The first-order chi connectivity index (χ1) is 12.5. The minimum absolute atomic E-state index is 0.0411. The highest BCUT2D eigenvalue weighted by atomic mass is 16.6. The molecule has 6 nitrogen and oxygen atoms in total. The van der Waals surface area contributed by atoms with Crippen molar-refractivity contribution in [1.82, 2.24) is 0 Å². The van der Waals surface area contributed by atoms with Gasteiger partial charge in [0.1, 0.15) is 17.3 Å². The largest absolute Gasteiger partial charge is 0.507 e. The molecule has 0 aromatic heterocycles. The molecule has 138 valence electrons. The average molecular weight is 356 g/mol. The molecule has 0 heterocycles. The number of nitrogen functional groups attached to an aromatic ring is 1. The van der Waals surface area contributed by atoms with E-state index in [1.54, 1.807) is 30.3 Å². The van der Waals surface area contributed by atoms with E-state index in [0.29, 0.717) is 17.7 Å². The first-order valence-corrected chi connectivity index (χ1v) is 8.48. The molecular weight excluding hydrogens is 332 g/mol. The molecule has 0 saturated carbocycles. The molecule has 0 aliphatic heterocycles. The van der Waals surface area contributed by atoms with Gasteiger partial charge in [-0.3, -0.25) is 5.41 Å². The number of phenolic OH excluding ortho intramolecular Hbond substituents is 1. The highest BCUT2D eigenvalue weighted by molar-refractivity contribution is 5.98. The van der Waals surface area contributed by atoms with Gasteiger partial charge in [-0.1, -0.05) is 31.5 Å². The van der Waals surface area contributed by atoms with Crippen molar-refractivity contribution in [1.29, 1.82) is 5.41 Å². The second-order valence-electron chi connectivity index (χ2n) is 5.94. The summed E-state index contributed by atoms with van der Waals surface area (Å²) in [6, 6.07) is 12.2. The van der Waals surface area contributed by atoms with Crippen LogP contribution in [0.5, 0.6) is 11.5 Å². The predicted octanol–water partition coefficient (Wildman–Crippen LogP) is 3.45. The molecule has 0 bridgehead atoms. The number of methoxy groups -OCH3 is 1. The number of unbranched alkanes of at least 4 members (excludes halogenated alkanes) is 1. The van der Waals surface area contributed by atoms with Crippen molar-refractivity contribution in [2.45, 2.75) is 32.3 Å². The number of carbonyl (C=O) groups is 1. The number of esters is 1. The van der Waals surface area contributed by atoms with Crippen molar-refractivity contribution in [3.8, 4) is 22.6 Å². The zero-order valence-corrected chi connectivity index (χ0v) is 15.0. The van der Waals surface area contributed by atoms with E-state index >= 15 is 0 Å². The number of benzene rings is 2. The zero-order valence-electron chi connectivity index (χ0n) is 15.0. The molecular formula is C20H24N2O4. The fraction of sp³-hybridized carbons (Fsp3) is 0.300. The summed E-state index contributed by atoms with van der Waals surface area (Å²) in [5.74, 6) is -0.0310. The lowest BCUT2D eigenvalue weighted by molar-refractivity contribution is -0.149. The Morgan fingerprint density at radius 2 is 1.85 bits per heavy atom. The maximum absolute atomic E-state index is 11.8. The first-order valence-electron chi connectivity index (χ1n) is 8.48. The summed E-state index contributed by atoms with van der Waals surface area (Å²) < 4.78 is 10.6. The Hall–Kier alpha value is -3.02. The van der Waals surface area contributed by atoms with E-state index < -0.39 is 6.10 Å². The lowest BCUT2D eigenvalue weighted by atomic mass is 10.0. The minimum Gasteiger partial charge on any atom is -0.507 e. The second kappa shape index (κ2) is 8.89. The summed E-state index contributed by atoms with van der Waals surface area (Å²) in [5.41, 5.74) is 7.36. The van der Waals surface area contributed by atoms with Crippen molar-refractivity contribution in [3.05, 3.63) is 48.0 Å². The van der Waals surface area contributed by atoms with Crippen molar-refractivity contribution in [2.75, 3.05) is 7.11 Å². The van der Waals surface area contributed by atoms with Gasteiger partial charge in [-0.15, -0.1) is 0 Å². The SMILES string of the molecule is CCCCC(Oc1ccc(-c2ccc(C(=N)N)c(O)c2)cc1)C(=O)OC. The molecule has 2 aromatic rings. The third kappa shape index (κ3) is 4.75. The maximum atomic E-state index is 11.8. The van der Waals surface area contributed by atoms with Crippen molar-refractivity contribution in [2.24, 2.45) is 5.73 Å². The summed E-state index contributed by atoms with van der Waals surface area (Å²) in [6.45, 7) is 2.05. The number of amidine groups is 1. The molecule has 0 radical (unpaired) electrons. The van der Waals surface area contributed by atoms with Gasteiger partial charge in [0.05, 0.1) is 12.7 Å². The zero-order chi connectivity index (χ0) is 19.1. The van der Waals surface area contributed by atoms with Crippen LogP contribution < -0.4 is 10.5 Å². The molecule has 6 heteroatoms. The van der Waals surface area contributed by atoms with Gasteiger partial charge in [0.15, 0.2) is 6.10 Å². The molecule has 0 saturated heterocycles. The van der Waals surface area contributed by atoms with Crippen LogP contribution in [0.4, 0.5) is 0 Å². The molecule has 0 aliphatic rings. The summed E-state index contributed by atoms with van der Waals surface area (Å²) in [7, 11) is 1.35. The topological polar surface area (TPSA) is 106 Å². The number of hydrogen-bond acceptors (Lipinski definition) is 5. The van der Waals surface area contributed by atoms with Crippen LogP contribution >= 0.6 is 0 Å². The fourth-order valence-corrected chi connectivity index (χ4v) is 2.58. The van der Waals surface area contributed by atoms with Crippen LogP contribution in [0.25, 0.3) is 11.1 Å². The Morgan fingerprint density at radius 1 is 1.19 bits per heavy atom. The van der Waals surface area contributed by atoms with Gasteiger partial charge < -0.3 is 20.3 Å². The molecule has 4 N–H and O–H groups in total. The number of nitrogens with two attached hydrogens (primary N) is 1. The summed E-state index contributed by atoms with van der Waals surface area (Å²) in [4.78, 5) is 11.8. The number of aromatic hydroxyl groups is 1. The van der Waals surface area contributed by atoms with Crippen LogP contribution in [0.2, 0.25) is 0 Å². The normalized spacial score (nSPS) is 11.6. The average Bonchev–Trinajstić information content (AvgIpc) is 2.64. The third-order valence-electron chi connectivity index (χ3n) is 4.04. The Labute approximate surface area is 153 Å². The van der Waals surface area contributed by atoms with Gasteiger partial charge in [0.2, 0.25) is 0 Å². The van der Waals surface area contributed by atoms with E-state index in [-0.39, 0.29) is 17.6 Å². The number of ether oxygens (including phenoxy) is 2. The Bertz CT molecular complexity index is 772. The summed E-state index contributed by atoms with van der Waals surface area (Å²) in [5, 5.41) is 17.4. The van der Waals surface area contributed by atoms with Crippen LogP contribution in [0.1, 0.15) is 31.7 Å². The molecule has 0 spiro atoms. The van der Waals surface area contributed by atoms with Gasteiger partial charge in [0, 0.05) is 0 Å². The van der Waals surface area contributed by atoms with Gasteiger partial charge >= 0.3 is 5.97 Å². The van der Waals surface area contributed by atoms with Gasteiger partial charge in [-0.2, -0.15) is 0 Å². The van der Waals surface area contributed by atoms with E-state index in [1.165, 1.54) is 7.11 Å². The van der Waals surface area contributed by atoms with Gasteiger partial charge in [0.25, 0.3) is 0 Å². The molecule has 2 aromatic carbocycles. The minimum atomic E-state index is -0.621. The van der Waals surface area contributed by atoms with E-state index in [2.05, 4.69) is 6.92 Å². The maximum Gasteiger partial charge on any atom is 0.347 e. The van der Waals surface area contributed by atoms with E-state index in [0.717, 1.165) is 24.0 Å². The standard InChI is InChI=1S/C20H24N2O4/c1-3-4-5-18(20(24)25-2)26-15-9-6-13(7-10-15)14-8-11-16(19(21)22)17(23)12-14/h6-12,18,23H,3-5H2,1-2H3,(H3,21,22). The van der Waals surface area contributed by atoms with E-state index in [4.69, 9.17) is 20.6 Å². The summed E-state index contributed by atoms with van der Waals surface area (Å²) >= 11 is 0. The van der Waals surface area contributed by atoms with E-state index in [9.17, 15) is 9.90 Å². The number of nitrogens with one attached hydrogen (secondary N) is 1. The lowest BCUT2D eigenvalue weighted by Crippen LogP contribution is -2.28. The number of phenols is 1. The van der Waals surface area contributed by atoms with Crippen LogP contribution in [0.15, 0.2) is 42.5 Å². The van der Waals surface area contributed by atoms with E-state index in [1.807, 2.05) is 12.1 Å². The number of rotatable bonds is 8. The smallest absolute Gasteiger partial charge is 0.347 e. The molecule has 2 rings (SSSR count). The third-order valence-corrected chi connectivity index (χ3v) is 4.04. The fourth-order valence-electron chi connectivity index (χ4n) is 2.58. The summed E-state index contributed by atoms with van der Waals surface area (Å²) in [6.07, 6.45) is 1.82. The Kier molecular flexibility index (Phi) is 6.60. The Balaban J connectivity index is 2.15. The van der Waals surface area contributed by atoms with Gasteiger partial charge in [-0.25, -0.2) is 4.79 Å². The molecule has 1 unspecified atom stereocenters. The monoisotopic (exact) mass is 356 g/mol. The second-order valence-corrected chi connectivity index (χ2v) is 5.94. The molecule has 0 aliphatic carbocycles. The Morgan fingerprint density at radius 3 is 2.38 bits per heavy atom. The molecule has 0 amide bonds. The van der Waals surface area contributed by atoms with Crippen LogP contribution in [-0.4, -0.2) is 30.1 Å². The number of carbonyl (C=O) groups excluding carboxylic acids is 1. The van der Waals surface area contributed by atoms with Crippen molar-refractivity contribution < 1.29 is 19.4 Å². The van der Waals surface area contributed by atoms with Crippen molar-refractivity contribution >= 4 is 11.8 Å². The van der Waals surface area contributed by atoms with Crippen molar-refractivity contribution in [3.63, 3.8) is 0 Å².